The van der Waals surface area contributed by atoms with Crippen LogP contribution in [0.1, 0.15) is 27.0 Å². The van der Waals surface area contributed by atoms with Gasteiger partial charge in [-0.25, -0.2) is 8.61 Å². The third-order valence-corrected chi connectivity index (χ3v) is 10.8. The highest BCUT2D eigenvalue weighted by molar-refractivity contribution is 7.91. The van der Waals surface area contributed by atoms with E-state index in [0.717, 1.165) is 25.3 Å². The molecule has 1 N–H and O–H groups in total. The van der Waals surface area contributed by atoms with Crippen molar-refractivity contribution >= 4 is 35.8 Å². The number of amides is 2. The number of fused-ring (bicyclic) bond motifs is 1. The Hall–Kier alpha value is -3.63. The van der Waals surface area contributed by atoms with Crippen LogP contribution in [0.5, 0.6) is 5.75 Å². The lowest BCUT2D eigenvalue weighted by molar-refractivity contribution is -0.123. The molecule has 10 heteroatoms. The zero-order chi connectivity index (χ0) is 28.5. The Labute approximate surface area is 237 Å². The summed E-state index contributed by atoms with van der Waals surface area (Å²) in [6.07, 6.45) is 1.25. The van der Waals surface area contributed by atoms with Crippen LogP contribution in [-0.2, 0) is 34.5 Å². The summed E-state index contributed by atoms with van der Waals surface area (Å²) < 4.78 is 35.5. The van der Waals surface area contributed by atoms with E-state index in [2.05, 4.69) is 25.0 Å². The molecule has 3 aromatic carbocycles. The second-order valence-corrected chi connectivity index (χ2v) is 19.0. The molecule has 0 radical (unpaired) electrons. The highest BCUT2D eigenvalue weighted by atomic mass is 32.2. The molecule has 3 aromatic rings. The van der Waals surface area contributed by atoms with Crippen molar-refractivity contribution in [3.63, 3.8) is 0 Å². The largest absolute Gasteiger partial charge is 0.487 e. The van der Waals surface area contributed by atoms with Crippen molar-refractivity contribution in [2.75, 3.05) is 17.4 Å². The van der Waals surface area contributed by atoms with Crippen LogP contribution in [0.2, 0.25) is 25.7 Å². The molecule has 1 fully saturated rings. The molecule has 0 unspecified atom stereocenters. The summed E-state index contributed by atoms with van der Waals surface area (Å²) in [5.74, 6) is -0.142. The van der Waals surface area contributed by atoms with E-state index in [1.807, 2.05) is 66.7 Å². The van der Waals surface area contributed by atoms with Gasteiger partial charge in [-0.3, -0.25) is 9.59 Å². The molecule has 2 aliphatic rings. The predicted molar refractivity (Wildman–Crippen MR) is 158 cm³/mol. The van der Waals surface area contributed by atoms with Gasteiger partial charge in [-0.1, -0.05) is 74.2 Å². The van der Waals surface area contributed by atoms with Gasteiger partial charge >= 0.3 is 10.2 Å². The zero-order valence-electron chi connectivity index (χ0n) is 23.1. The lowest BCUT2D eigenvalue weighted by atomic mass is 9.91. The summed E-state index contributed by atoms with van der Waals surface area (Å²) in [5.41, 5.74) is 3.88. The third-order valence-electron chi connectivity index (χ3n) is 7.25. The molecule has 5 rings (SSSR count). The Morgan fingerprint density at radius 3 is 2.42 bits per heavy atom. The van der Waals surface area contributed by atoms with E-state index in [1.165, 1.54) is 0 Å². The van der Waals surface area contributed by atoms with E-state index in [1.54, 1.807) is 6.07 Å². The van der Waals surface area contributed by atoms with Gasteiger partial charge in [0.15, 0.2) is 0 Å². The average Bonchev–Trinajstić information content (AvgIpc) is 3.13. The maximum atomic E-state index is 13.5. The minimum absolute atomic E-state index is 0.0934. The second kappa shape index (κ2) is 11.1. The summed E-state index contributed by atoms with van der Waals surface area (Å²) in [6, 6.07) is 23.2. The van der Waals surface area contributed by atoms with Gasteiger partial charge in [0.25, 0.3) is 11.8 Å². The molecule has 2 aliphatic heterocycles. The Morgan fingerprint density at radius 2 is 1.68 bits per heavy atom. The van der Waals surface area contributed by atoms with Crippen LogP contribution in [-0.4, -0.2) is 51.7 Å². The first-order chi connectivity index (χ1) is 19.0. The number of carbonyl (C=O) groups is 2. The van der Waals surface area contributed by atoms with Gasteiger partial charge in [0.2, 0.25) is 0 Å². The molecule has 2 amide bonds. The van der Waals surface area contributed by atoms with E-state index in [0.29, 0.717) is 35.9 Å². The van der Waals surface area contributed by atoms with Crippen molar-refractivity contribution < 1.29 is 22.7 Å². The van der Waals surface area contributed by atoms with Crippen LogP contribution < -0.4 is 14.4 Å². The number of hydrogen-bond acceptors (Lipinski definition) is 5. The van der Waals surface area contributed by atoms with Crippen molar-refractivity contribution in [1.82, 2.24) is 9.62 Å². The predicted octanol–water partition coefficient (Wildman–Crippen LogP) is 4.39. The summed E-state index contributed by atoms with van der Waals surface area (Å²) >= 11 is 0. The van der Waals surface area contributed by atoms with Crippen molar-refractivity contribution in [3.05, 3.63) is 95.1 Å². The van der Waals surface area contributed by atoms with Crippen molar-refractivity contribution in [3.8, 4) is 5.75 Å². The fourth-order valence-corrected chi connectivity index (χ4v) is 7.67. The second-order valence-electron chi connectivity index (χ2n) is 11.6. The topological polar surface area (TPSA) is 96.0 Å². The van der Waals surface area contributed by atoms with Gasteiger partial charge < -0.3 is 10.1 Å². The fraction of sp³-hybridized carbons (Fsp3) is 0.333. The highest BCUT2D eigenvalue weighted by Crippen LogP contribution is 2.36. The van der Waals surface area contributed by atoms with Crippen molar-refractivity contribution in [2.24, 2.45) is 0 Å². The van der Waals surface area contributed by atoms with Crippen LogP contribution in [0.15, 0.2) is 72.8 Å². The molecule has 0 saturated carbocycles. The van der Waals surface area contributed by atoms with Gasteiger partial charge in [-0.05, 0) is 53.8 Å². The Morgan fingerprint density at radius 1 is 0.950 bits per heavy atom. The first kappa shape index (κ1) is 27.9. The summed E-state index contributed by atoms with van der Waals surface area (Å²) in [5, 5.41) is 3.08. The number of ether oxygens (including phenoxy) is 1. The molecule has 210 valence electrons. The molecule has 0 aromatic heterocycles. The van der Waals surface area contributed by atoms with Gasteiger partial charge in [0.05, 0.1) is 5.69 Å². The minimum atomic E-state index is -4.04. The third kappa shape index (κ3) is 6.07. The van der Waals surface area contributed by atoms with Crippen molar-refractivity contribution in [2.45, 2.75) is 51.2 Å². The summed E-state index contributed by atoms with van der Waals surface area (Å²) in [6.45, 7) is 6.63. The lowest BCUT2D eigenvalue weighted by Gasteiger charge is -2.27. The number of nitrogens with one attached hydrogen (secondary N) is 1. The number of benzene rings is 3. The molecular weight excluding hydrogens is 542 g/mol. The first-order valence-corrected chi connectivity index (χ1v) is 18.6. The van der Waals surface area contributed by atoms with Crippen LogP contribution in [0.3, 0.4) is 0 Å². The van der Waals surface area contributed by atoms with E-state index in [9.17, 15) is 18.0 Å². The Balaban J connectivity index is 1.42. The monoisotopic (exact) mass is 577 g/mol. The van der Waals surface area contributed by atoms with Gasteiger partial charge in [-0.2, -0.15) is 8.42 Å². The van der Waals surface area contributed by atoms with Crippen LogP contribution >= 0.6 is 0 Å². The number of hydrogen-bond donors (Lipinski definition) is 1. The smallest absolute Gasteiger partial charge is 0.329 e. The number of anilines is 1. The first-order valence-electron chi connectivity index (χ1n) is 13.5. The van der Waals surface area contributed by atoms with Crippen LogP contribution in [0.25, 0.3) is 0 Å². The van der Waals surface area contributed by atoms with Crippen LogP contribution in [0, 0.1) is 0 Å². The van der Waals surface area contributed by atoms with Crippen LogP contribution in [0.4, 0.5) is 5.69 Å². The zero-order valence-corrected chi connectivity index (χ0v) is 24.9. The number of carbonyl (C=O) groups excluding carboxylic acids is 2. The maximum absolute atomic E-state index is 13.5. The summed E-state index contributed by atoms with van der Waals surface area (Å²) in [4.78, 5) is 25.5. The van der Waals surface area contributed by atoms with Gasteiger partial charge in [0, 0.05) is 26.2 Å². The molecule has 2 heterocycles. The normalized spacial score (nSPS) is 18.4. The molecule has 40 heavy (non-hydrogen) atoms. The SMILES string of the molecule is C[Si](C)(C)CCN1C(=O)CN(c2ccc(C[C@@H]3Cc4ccccc4C(=O)N3)cc2OCc2ccccc2)S1(=O)=O. The highest BCUT2D eigenvalue weighted by Gasteiger charge is 2.44. The molecule has 0 aliphatic carbocycles. The molecule has 0 spiro atoms. The van der Waals surface area contributed by atoms with Crippen molar-refractivity contribution in [1.29, 1.82) is 0 Å². The average molecular weight is 578 g/mol. The molecule has 8 nitrogen and oxygen atoms in total. The van der Waals surface area contributed by atoms with E-state index in [-0.39, 0.29) is 31.6 Å². The molecular formula is C30H35N3O5SSi. The standard InChI is InChI=1S/C30H35N3O5SSi/c1-40(2,3)16-15-32-29(34)20-33(39(32,36)37)27-14-13-23(18-28(27)38-21-22-9-5-4-6-10-22)17-25-19-24-11-7-8-12-26(24)30(35)31-25/h4-14,18,25H,15-17,19-21H2,1-3H3,(H,31,35)/t25-/m1/s1. The van der Waals surface area contributed by atoms with Gasteiger partial charge in [-0.15, -0.1) is 0 Å². The Kier molecular flexibility index (Phi) is 7.74. The number of rotatable bonds is 9. The minimum Gasteiger partial charge on any atom is -0.487 e. The van der Waals surface area contributed by atoms with E-state index in [4.69, 9.17) is 4.74 Å². The quantitative estimate of drug-likeness (QED) is 0.381. The fourth-order valence-electron chi connectivity index (χ4n) is 5.07. The number of nitrogens with zero attached hydrogens (tertiary/aromatic N) is 2. The summed E-state index contributed by atoms with van der Waals surface area (Å²) in [7, 11) is -5.60. The van der Waals surface area contributed by atoms with E-state index >= 15 is 0 Å². The van der Waals surface area contributed by atoms with E-state index < -0.39 is 24.2 Å². The molecule has 1 atom stereocenters. The lowest BCUT2D eigenvalue weighted by Crippen LogP contribution is -2.42. The molecule has 1 saturated heterocycles. The van der Waals surface area contributed by atoms with Gasteiger partial charge in [0.1, 0.15) is 18.9 Å². The maximum Gasteiger partial charge on any atom is 0.329 e. The molecule has 0 bridgehead atoms. The Bertz CT molecular complexity index is 1520.